The lowest BCUT2D eigenvalue weighted by molar-refractivity contribution is -0.0679. The molecule has 0 aliphatic carbocycles. The van der Waals surface area contributed by atoms with E-state index in [2.05, 4.69) is 28.6 Å². The van der Waals surface area contributed by atoms with Crippen molar-refractivity contribution in [1.29, 1.82) is 0 Å². The van der Waals surface area contributed by atoms with Gasteiger partial charge < -0.3 is 20.1 Å². The summed E-state index contributed by atoms with van der Waals surface area (Å²) in [6, 6.07) is 0. The van der Waals surface area contributed by atoms with Crippen molar-refractivity contribution >= 4 is 5.96 Å². The average molecular weight is 284 g/mol. The highest BCUT2D eigenvalue weighted by Gasteiger charge is 2.21. The van der Waals surface area contributed by atoms with E-state index in [4.69, 9.17) is 15.2 Å². The molecule has 2 aliphatic rings. The summed E-state index contributed by atoms with van der Waals surface area (Å²) in [5.74, 6) is 0.664. The highest BCUT2D eigenvalue weighted by Crippen LogP contribution is 2.10. The number of ether oxygens (including phenoxy) is 2. The van der Waals surface area contributed by atoms with Crippen LogP contribution in [0, 0.1) is 0 Å². The van der Waals surface area contributed by atoms with Crippen molar-refractivity contribution in [2.24, 2.45) is 10.7 Å². The molecule has 0 amide bonds. The number of guanidine groups is 1. The van der Waals surface area contributed by atoms with E-state index in [1.54, 1.807) is 0 Å². The topological polar surface area (TPSA) is 63.3 Å². The third-order valence-electron chi connectivity index (χ3n) is 3.74. The van der Waals surface area contributed by atoms with Gasteiger partial charge in [-0.3, -0.25) is 9.89 Å². The van der Waals surface area contributed by atoms with E-state index in [0.717, 1.165) is 58.9 Å². The first-order chi connectivity index (χ1) is 9.65. The third-order valence-corrected chi connectivity index (χ3v) is 3.74. The van der Waals surface area contributed by atoms with Crippen LogP contribution in [0.1, 0.15) is 20.3 Å². The van der Waals surface area contributed by atoms with Crippen LogP contribution in [0.3, 0.4) is 0 Å². The van der Waals surface area contributed by atoms with Crippen LogP contribution in [0.25, 0.3) is 0 Å². The van der Waals surface area contributed by atoms with Crippen molar-refractivity contribution in [1.82, 2.24) is 9.80 Å². The van der Waals surface area contributed by atoms with Crippen LogP contribution in [0.4, 0.5) is 0 Å². The Labute approximate surface area is 121 Å². The van der Waals surface area contributed by atoms with Gasteiger partial charge in [0.1, 0.15) is 0 Å². The molecule has 0 aromatic heterocycles. The number of morpholine rings is 2. The van der Waals surface area contributed by atoms with E-state index in [1.165, 1.54) is 0 Å². The van der Waals surface area contributed by atoms with Gasteiger partial charge in [-0.05, 0) is 20.3 Å². The predicted molar refractivity (Wildman–Crippen MR) is 79.9 cm³/mol. The number of aliphatic imine (C=N–C) groups is 1. The smallest absolute Gasteiger partial charge is 0.191 e. The SMILES string of the molecule is CC1CN(CCCN=C(N)N2CCOCC2)CC(C)O1. The Hall–Kier alpha value is -0.850. The summed E-state index contributed by atoms with van der Waals surface area (Å²) >= 11 is 0. The summed E-state index contributed by atoms with van der Waals surface area (Å²) in [6.45, 7) is 11.4. The van der Waals surface area contributed by atoms with Gasteiger partial charge in [-0.15, -0.1) is 0 Å². The van der Waals surface area contributed by atoms with Gasteiger partial charge in [0.2, 0.25) is 0 Å². The molecule has 116 valence electrons. The fraction of sp³-hybridized carbons (Fsp3) is 0.929. The molecule has 0 bridgehead atoms. The molecule has 20 heavy (non-hydrogen) atoms. The first-order valence-corrected chi connectivity index (χ1v) is 7.65. The maximum absolute atomic E-state index is 6.00. The Morgan fingerprint density at radius 3 is 2.50 bits per heavy atom. The molecule has 6 heteroatoms. The van der Waals surface area contributed by atoms with Crippen molar-refractivity contribution < 1.29 is 9.47 Å². The van der Waals surface area contributed by atoms with Crippen molar-refractivity contribution in [2.75, 3.05) is 52.5 Å². The zero-order valence-corrected chi connectivity index (χ0v) is 12.8. The van der Waals surface area contributed by atoms with Crippen LogP contribution in [0.2, 0.25) is 0 Å². The molecule has 0 aromatic rings. The van der Waals surface area contributed by atoms with Crippen molar-refractivity contribution in [3.63, 3.8) is 0 Å². The fourth-order valence-electron chi connectivity index (χ4n) is 2.85. The molecule has 2 atom stereocenters. The van der Waals surface area contributed by atoms with Crippen molar-refractivity contribution in [2.45, 2.75) is 32.5 Å². The summed E-state index contributed by atoms with van der Waals surface area (Å²) in [4.78, 5) is 9.03. The van der Waals surface area contributed by atoms with E-state index >= 15 is 0 Å². The second-order valence-electron chi connectivity index (χ2n) is 5.71. The van der Waals surface area contributed by atoms with Crippen LogP contribution >= 0.6 is 0 Å². The van der Waals surface area contributed by atoms with Gasteiger partial charge in [-0.2, -0.15) is 0 Å². The molecule has 2 N–H and O–H groups in total. The zero-order chi connectivity index (χ0) is 14.4. The number of rotatable bonds is 4. The zero-order valence-electron chi connectivity index (χ0n) is 12.8. The summed E-state index contributed by atoms with van der Waals surface area (Å²) in [5.41, 5.74) is 6.00. The first kappa shape index (κ1) is 15.5. The Morgan fingerprint density at radius 2 is 1.85 bits per heavy atom. The summed E-state index contributed by atoms with van der Waals surface area (Å²) < 4.78 is 11.0. The molecular weight excluding hydrogens is 256 g/mol. The van der Waals surface area contributed by atoms with Crippen LogP contribution in [-0.4, -0.2) is 80.4 Å². The van der Waals surface area contributed by atoms with E-state index in [-0.39, 0.29) is 0 Å². The van der Waals surface area contributed by atoms with E-state index < -0.39 is 0 Å². The first-order valence-electron chi connectivity index (χ1n) is 7.65. The number of nitrogens with zero attached hydrogens (tertiary/aromatic N) is 3. The van der Waals surface area contributed by atoms with Crippen molar-refractivity contribution in [3.05, 3.63) is 0 Å². The van der Waals surface area contributed by atoms with Crippen LogP contribution in [0.5, 0.6) is 0 Å². The summed E-state index contributed by atoms with van der Waals surface area (Å²) in [5, 5.41) is 0. The van der Waals surface area contributed by atoms with Gasteiger partial charge in [0.25, 0.3) is 0 Å². The van der Waals surface area contributed by atoms with E-state index in [0.29, 0.717) is 18.2 Å². The molecule has 2 rings (SSSR count). The van der Waals surface area contributed by atoms with Crippen LogP contribution in [0.15, 0.2) is 4.99 Å². The highest BCUT2D eigenvalue weighted by atomic mass is 16.5. The van der Waals surface area contributed by atoms with Gasteiger partial charge in [-0.1, -0.05) is 0 Å². The number of hydrogen-bond donors (Lipinski definition) is 1. The van der Waals surface area contributed by atoms with Gasteiger partial charge in [0.05, 0.1) is 25.4 Å². The molecule has 6 nitrogen and oxygen atoms in total. The minimum atomic E-state index is 0.334. The molecule has 2 saturated heterocycles. The Bertz CT molecular complexity index is 308. The lowest BCUT2D eigenvalue weighted by atomic mass is 10.2. The second-order valence-corrected chi connectivity index (χ2v) is 5.71. The van der Waals surface area contributed by atoms with E-state index in [1.807, 2.05) is 0 Å². The van der Waals surface area contributed by atoms with E-state index in [9.17, 15) is 0 Å². The number of nitrogens with two attached hydrogens (primary N) is 1. The largest absolute Gasteiger partial charge is 0.378 e. The lowest BCUT2D eigenvalue weighted by Crippen LogP contribution is -2.46. The Morgan fingerprint density at radius 1 is 1.20 bits per heavy atom. The molecule has 0 aromatic carbocycles. The molecule has 0 radical (unpaired) electrons. The third kappa shape index (κ3) is 4.92. The number of hydrogen-bond acceptors (Lipinski definition) is 4. The standard InChI is InChI=1S/C14H28N4O2/c1-12-10-17(11-13(2)20-12)5-3-4-16-14(15)18-6-8-19-9-7-18/h12-13H,3-11H2,1-2H3,(H2,15,16). The van der Waals surface area contributed by atoms with Gasteiger partial charge >= 0.3 is 0 Å². The second kappa shape index (κ2) is 7.81. The maximum Gasteiger partial charge on any atom is 0.191 e. The predicted octanol–water partition coefficient (Wildman–Crippen LogP) is 0.133. The van der Waals surface area contributed by atoms with Gasteiger partial charge in [0, 0.05) is 39.3 Å². The summed E-state index contributed by atoms with van der Waals surface area (Å²) in [7, 11) is 0. The quantitative estimate of drug-likeness (QED) is 0.452. The van der Waals surface area contributed by atoms with Gasteiger partial charge in [-0.25, -0.2) is 0 Å². The normalized spacial score (nSPS) is 29.7. The Kier molecular flexibility index (Phi) is 6.06. The molecule has 2 fully saturated rings. The minimum Gasteiger partial charge on any atom is -0.378 e. The minimum absolute atomic E-state index is 0.334. The molecule has 2 unspecified atom stereocenters. The van der Waals surface area contributed by atoms with Crippen molar-refractivity contribution in [3.8, 4) is 0 Å². The molecular formula is C14H28N4O2. The maximum atomic E-state index is 6.00. The Balaban J connectivity index is 1.65. The molecule has 0 saturated carbocycles. The average Bonchev–Trinajstić information content (AvgIpc) is 2.43. The fourth-order valence-corrected chi connectivity index (χ4v) is 2.85. The molecule has 2 aliphatic heterocycles. The highest BCUT2D eigenvalue weighted by molar-refractivity contribution is 5.78. The van der Waals surface area contributed by atoms with Crippen LogP contribution in [-0.2, 0) is 9.47 Å². The van der Waals surface area contributed by atoms with Gasteiger partial charge in [0.15, 0.2) is 5.96 Å². The molecule has 2 heterocycles. The van der Waals surface area contributed by atoms with Crippen LogP contribution < -0.4 is 5.73 Å². The molecule has 0 spiro atoms. The summed E-state index contributed by atoms with van der Waals surface area (Å²) in [6.07, 6.45) is 1.71. The lowest BCUT2D eigenvalue weighted by Gasteiger charge is -2.35. The monoisotopic (exact) mass is 284 g/mol.